The second kappa shape index (κ2) is 8.83. The van der Waals surface area contributed by atoms with E-state index in [1.54, 1.807) is 4.90 Å². The Balaban J connectivity index is 2.20. The molecule has 1 aliphatic heterocycles. The third kappa shape index (κ3) is 5.77. The molecule has 8 nitrogen and oxygen atoms in total. The van der Waals surface area contributed by atoms with Gasteiger partial charge in [0.1, 0.15) is 5.82 Å². The summed E-state index contributed by atoms with van der Waals surface area (Å²) in [4.78, 5) is 14.1. The number of carbonyl (C=O) groups excluding carboxylic acids is 1. The molecule has 0 spiro atoms. The summed E-state index contributed by atoms with van der Waals surface area (Å²) in [5.41, 5.74) is 3.03. The number of nitrogens with zero attached hydrogens (tertiary/aromatic N) is 2. The third-order valence-electron chi connectivity index (χ3n) is 3.69. The number of halogens is 2. The van der Waals surface area contributed by atoms with Crippen molar-refractivity contribution < 1.29 is 18.4 Å². The molecule has 0 aromatic heterocycles. The number of hydrazine groups is 1. The summed E-state index contributed by atoms with van der Waals surface area (Å²) in [6.07, 6.45) is 2.68. The van der Waals surface area contributed by atoms with Gasteiger partial charge in [-0.25, -0.2) is 8.42 Å². The monoisotopic (exact) mass is 434 g/mol. The van der Waals surface area contributed by atoms with E-state index in [2.05, 4.69) is 10.1 Å². The van der Waals surface area contributed by atoms with Crippen LogP contribution >= 0.6 is 23.2 Å². The van der Waals surface area contributed by atoms with Crippen molar-refractivity contribution in [2.24, 2.45) is 0 Å². The molecule has 0 fully saturated rings. The Morgan fingerprint density at radius 2 is 1.89 bits per heavy atom. The van der Waals surface area contributed by atoms with Crippen LogP contribution in [0.1, 0.15) is 29.8 Å². The van der Waals surface area contributed by atoms with E-state index in [0.717, 1.165) is 0 Å². The van der Waals surface area contributed by atoms with E-state index in [0.29, 0.717) is 29.4 Å². The van der Waals surface area contributed by atoms with Crippen molar-refractivity contribution in [2.75, 3.05) is 13.1 Å². The number of rotatable bonds is 7. The Kier molecular flexibility index (Phi) is 6.99. The van der Waals surface area contributed by atoms with Crippen molar-refractivity contribution in [3.63, 3.8) is 0 Å². The molecule has 1 aromatic rings. The summed E-state index contributed by atoms with van der Waals surface area (Å²) in [5, 5.41) is 10.2. The largest absolute Gasteiger partial charge is 0.339 e. The number of amides is 1. The zero-order valence-electron chi connectivity index (χ0n) is 14.7. The molecule has 1 amide bonds. The summed E-state index contributed by atoms with van der Waals surface area (Å²) < 4.78 is 27.1. The smallest absolute Gasteiger partial charge is 0.253 e. The van der Waals surface area contributed by atoms with Gasteiger partial charge in [0.25, 0.3) is 5.91 Å². The number of sulfonamides is 1. The van der Waals surface area contributed by atoms with Crippen LogP contribution in [0.15, 0.2) is 41.3 Å². The predicted molar refractivity (Wildman–Crippen MR) is 103 cm³/mol. The zero-order chi connectivity index (χ0) is 20.2. The quantitative estimate of drug-likeness (QED) is 0.569. The van der Waals surface area contributed by atoms with Crippen molar-refractivity contribution in [1.29, 1.82) is 0 Å². The van der Waals surface area contributed by atoms with Gasteiger partial charge < -0.3 is 4.90 Å². The van der Waals surface area contributed by atoms with Crippen molar-refractivity contribution in [1.82, 2.24) is 20.2 Å². The lowest BCUT2D eigenvalue weighted by Gasteiger charge is -2.23. The molecule has 27 heavy (non-hydrogen) atoms. The first-order chi connectivity index (χ1) is 12.6. The molecule has 0 unspecified atom stereocenters. The molecule has 1 heterocycles. The highest BCUT2D eigenvalue weighted by Crippen LogP contribution is 2.19. The number of benzene rings is 1. The molecular formula is C16H20Cl2N4O4S. The van der Waals surface area contributed by atoms with Crippen LogP contribution in [0.4, 0.5) is 0 Å². The summed E-state index contributed by atoms with van der Waals surface area (Å²) >= 11 is 11.7. The van der Waals surface area contributed by atoms with Gasteiger partial charge in [0, 0.05) is 23.7 Å². The summed E-state index contributed by atoms with van der Waals surface area (Å²) in [7, 11) is -3.84. The van der Waals surface area contributed by atoms with Crippen molar-refractivity contribution in [3.05, 3.63) is 57.5 Å². The number of carbonyl (C=O) groups is 1. The fourth-order valence-corrected chi connectivity index (χ4v) is 3.95. The molecule has 1 aliphatic rings. The maximum absolute atomic E-state index is 12.5. The van der Waals surface area contributed by atoms with Gasteiger partial charge >= 0.3 is 0 Å². The molecular weight excluding hydrogens is 415 g/mol. The van der Waals surface area contributed by atoms with Gasteiger partial charge in [-0.05, 0) is 49.8 Å². The maximum Gasteiger partial charge on any atom is 0.253 e. The van der Waals surface area contributed by atoms with Gasteiger partial charge in [-0.15, -0.1) is 0 Å². The van der Waals surface area contributed by atoms with Crippen LogP contribution < -0.4 is 10.1 Å². The van der Waals surface area contributed by atoms with Gasteiger partial charge in [-0.1, -0.05) is 23.2 Å². The standard InChI is InChI=1S/C16H20Cl2N4O4S/c1-3-21(4-2)16(23)12-7-11(8-13(17)9-12)10-27(25,26)20-15-6-5-14(18)22(24)19-15/h5-9,19-20,24H,3-4,10H2,1-2H3. The van der Waals surface area contributed by atoms with Gasteiger partial charge in [0.05, 0.1) is 5.75 Å². The first kappa shape index (κ1) is 21.4. The number of nitrogens with one attached hydrogen (secondary N) is 2. The van der Waals surface area contributed by atoms with E-state index < -0.39 is 15.8 Å². The molecule has 2 rings (SSSR count). The van der Waals surface area contributed by atoms with E-state index in [1.807, 2.05) is 13.8 Å². The molecule has 0 aliphatic carbocycles. The highest BCUT2D eigenvalue weighted by Gasteiger charge is 2.19. The first-order valence-corrected chi connectivity index (χ1v) is 10.5. The second-order valence-electron chi connectivity index (χ2n) is 5.68. The van der Waals surface area contributed by atoms with Crippen molar-refractivity contribution in [2.45, 2.75) is 19.6 Å². The van der Waals surface area contributed by atoms with E-state index in [1.165, 1.54) is 30.4 Å². The topological polar surface area (TPSA) is 102 Å². The fourth-order valence-electron chi connectivity index (χ4n) is 2.46. The normalized spacial score (nSPS) is 14.2. The third-order valence-corrected chi connectivity index (χ3v) is 5.44. The van der Waals surface area contributed by atoms with Crippen molar-refractivity contribution >= 4 is 39.1 Å². The van der Waals surface area contributed by atoms with E-state index in [4.69, 9.17) is 23.2 Å². The highest BCUT2D eigenvalue weighted by atomic mass is 35.5. The predicted octanol–water partition coefficient (Wildman–Crippen LogP) is 2.37. The SMILES string of the molecule is CCN(CC)C(=O)c1cc(Cl)cc(CS(=O)(=O)NC2=CC=C(Cl)N(O)N2)c1. The van der Waals surface area contributed by atoms with Crippen LogP contribution in [0.5, 0.6) is 0 Å². The van der Waals surface area contributed by atoms with Crippen LogP contribution in [0.2, 0.25) is 5.02 Å². The molecule has 0 atom stereocenters. The van der Waals surface area contributed by atoms with Crippen molar-refractivity contribution in [3.8, 4) is 0 Å². The second-order valence-corrected chi connectivity index (χ2v) is 8.23. The minimum Gasteiger partial charge on any atom is -0.339 e. The molecule has 3 N–H and O–H groups in total. The molecule has 0 bridgehead atoms. The van der Waals surface area contributed by atoms with Gasteiger partial charge in [-0.2, -0.15) is 5.17 Å². The Hall–Kier alpha value is -1.94. The first-order valence-electron chi connectivity index (χ1n) is 8.07. The number of hydrogen-bond acceptors (Lipinski definition) is 6. The van der Waals surface area contributed by atoms with Crippen LogP contribution in [0.25, 0.3) is 0 Å². The van der Waals surface area contributed by atoms with E-state index in [9.17, 15) is 18.4 Å². The van der Waals surface area contributed by atoms with Gasteiger partial charge in [0.15, 0.2) is 5.16 Å². The number of hydroxylamine groups is 1. The number of allylic oxidation sites excluding steroid dienone is 2. The Morgan fingerprint density at radius 1 is 1.22 bits per heavy atom. The Morgan fingerprint density at radius 3 is 2.48 bits per heavy atom. The van der Waals surface area contributed by atoms with Crippen LogP contribution in [0, 0.1) is 0 Å². The lowest BCUT2D eigenvalue weighted by molar-refractivity contribution is -0.0866. The lowest BCUT2D eigenvalue weighted by Crippen LogP contribution is -2.41. The summed E-state index contributed by atoms with van der Waals surface area (Å²) in [6, 6.07) is 4.49. The average molecular weight is 435 g/mol. The van der Waals surface area contributed by atoms with Gasteiger partial charge in [0.2, 0.25) is 10.0 Å². The number of hydrogen-bond donors (Lipinski definition) is 3. The summed E-state index contributed by atoms with van der Waals surface area (Å²) in [6.45, 7) is 4.78. The average Bonchev–Trinajstić information content (AvgIpc) is 2.58. The molecule has 0 saturated carbocycles. The van der Waals surface area contributed by atoms with Crippen LogP contribution in [0.3, 0.4) is 0 Å². The van der Waals surface area contributed by atoms with Crippen LogP contribution in [-0.2, 0) is 15.8 Å². The zero-order valence-corrected chi connectivity index (χ0v) is 17.1. The lowest BCUT2D eigenvalue weighted by atomic mass is 10.1. The minimum atomic E-state index is -3.84. The van der Waals surface area contributed by atoms with E-state index >= 15 is 0 Å². The maximum atomic E-state index is 12.5. The fraction of sp³-hybridized carbons (Fsp3) is 0.312. The molecule has 0 saturated heterocycles. The highest BCUT2D eigenvalue weighted by molar-refractivity contribution is 7.88. The van der Waals surface area contributed by atoms with Gasteiger partial charge in [-0.3, -0.25) is 20.1 Å². The van der Waals surface area contributed by atoms with Crippen LogP contribution in [-0.4, -0.2) is 42.7 Å². The molecule has 148 valence electrons. The van der Waals surface area contributed by atoms with E-state index in [-0.39, 0.29) is 21.9 Å². The minimum absolute atomic E-state index is 0.0170. The molecule has 1 aromatic carbocycles. The summed E-state index contributed by atoms with van der Waals surface area (Å²) in [5.74, 6) is -0.613. The Bertz CT molecular complexity index is 882. The molecule has 0 radical (unpaired) electrons. The Labute approximate surface area is 168 Å². The molecule has 11 heteroatoms.